The maximum Gasteiger partial charge on any atom is 0.350 e. The molecule has 0 N–H and O–H groups in total. The Morgan fingerprint density at radius 2 is 2.15 bits per heavy atom. The first-order chi connectivity index (χ1) is 12.8. The van der Waals surface area contributed by atoms with Crippen LogP contribution in [0.25, 0.3) is 0 Å². The summed E-state index contributed by atoms with van der Waals surface area (Å²) >= 11 is 0. The normalized spacial score (nSPS) is 36.2. The van der Waals surface area contributed by atoms with Crippen LogP contribution >= 0.6 is 0 Å². The predicted octanol–water partition coefficient (Wildman–Crippen LogP) is 1.76. The Hall–Kier alpha value is -2.15. The summed E-state index contributed by atoms with van der Waals surface area (Å²) in [6, 6.07) is -0.0586. The molecular formula is C20H27NO6. The van der Waals surface area contributed by atoms with Crippen molar-refractivity contribution in [3.05, 3.63) is 23.3 Å². The Bertz CT molecular complexity index is 711. The number of nitrogens with zero attached hydrogens (tertiary/aromatic N) is 1. The third kappa shape index (κ3) is 3.65. The van der Waals surface area contributed by atoms with E-state index in [1.54, 1.807) is 26.8 Å². The van der Waals surface area contributed by atoms with Crippen molar-refractivity contribution in [2.24, 2.45) is 5.92 Å². The lowest BCUT2D eigenvalue weighted by Gasteiger charge is -2.34. The molecule has 0 radical (unpaired) electrons. The van der Waals surface area contributed by atoms with Crippen LogP contribution in [-0.4, -0.2) is 60.3 Å². The molecule has 2 saturated heterocycles. The van der Waals surface area contributed by atoms with Crippen LogP contribution in [0.15, 0.2) is 23.3 Å². The van der Waals surface area contributed by atoms with E-state index in [2.05, 4.69) is 4.90 Å². The van der Waals surface area contributed by atoms with E-state index >= 15 is 0 Å². The minimum atomic E-state index is -1.48. The minimum Gasteiger partial charge on any atom is -0.458 e. The van der Waals surface area contributed by atoms with Gasteiger partial charge in [-0.1, -0.05) is 19.1 Å². The minimum absolute atomic E-state index is 0.0586. The number of cyclic esters (lactones) is 1. The number of carbonyl (C=O) groups is 3. The van der Waals surface area contributed by atoms with E-state index < -0.39 is 23.5 Å². The summed E-state index contributed by atoms with van der Waals surface area (Å²) in [6.45, 7) is 8.02. The van der Waals surface area contributed by atoms with E-state index in [1.807, 2.05) is 6.08 Å². The lowest BCUT2D eigenvalue weighted by molar-refractivity contribution is -0.185. The zero-order valence-electron chi connectivity index (χ0n) is 16.3. The second-order valence-electron chi connectivity index (χ2n) is 7.65. The van der Waals surface area contributed by atoms with Gasteiger partial charge in [0.05, 0.1) is 6.04 Å². The fourth-order valence-electron chi connectivity index (χ4n) is 4.12. The molecule has 0 bridgehead atoms. The van der Waals surface area contributed by atoms with E-state index in [4.69, 9.17) is 14.2 Å². The molecule has 148 valence electrons. The number of hydrogen-bond donors (Lipinski definition) is 0. The summed E-state index contributed by atoms with van der Waals surface area (Å²) in [5, 5.41) is 0. The maximum atomic E-state index is 12.9. The smallest absolute Gasteiger partial charge is 0.350 e. The molecule has 3 heterocycles. The molecule has 0 spiro atoms. The molecule has 0 aromatic rings. The van der Waals surface area contributed by atoms with Crippen molar-refractivity contribution >= 4 is 17.9 Å². The van der Waals surface area contributed by atoms with Crippen LogP contribution in [0.5, 0.6) is 0 Å². The van der Waals surface area contributed by atoms with Crippen molar-refractivity contribution in [1.29, 1.82) is 0 Å². The zero-order valence-corrected chi connectivity index (χ0v) is 16.3. The summed E-state index contributed by atoms with van der Waals surface area (Å²) in [7, 11) is 0. The van der Waals surface area contributed by atoms with Crippen molar-refractivity contribution < 1.29 is 28.6 Å². The fraction of sp³-hybridized carbons (Fsp3) is 0.650. The third-order valence-corrected chi connectivity index (χ3v) is 5.88. The van der Waals surface area contributed by atoms with E-state index in [9.17, 15) is 14.4 Å². The van der Waals surface area contributed by atoms with Gasteiger partial charge < -0.3 is 14.2 Å². The van der Waals surface area contributed by atoms with Gasteiger partial charge in [-0.05, 0) is 32.3 Å². The van der Waals surface area contributed by atoms with Crippen LogP contribution < -0.4 is 0 Å². The summed E-state index contributed by atoms with van der Waals surface area (Å²) in [4.78, 5) is 39.5. The van der Waals surface area contributed by atoms with Crippen LogP contribution in [0.4, 0.5) is 0 Å². The molecule has 4 atom stereocenters. The van der Waals surface area contributed by atoms with E-state index in [-0.39, 0.29) is 31.1 Å². The van der Waals surface area contributed by atoms with E-state index in [0.29, 0.717) is 5.57 Å². The number of carbonyl (C=O) groups excluding carboxylic acids is 3. The monoisotopic (exact) mass is 377 g/mol. The molecule has 0 aromatic carbocycles. The largest absolute Gasteiger partial charge is 0.458 e. The van der Waals surface area contributed by atoms with Crippen LogP contribution in [0.1, 0.15) is 40.5 Å². The van der Waals surface area contributed by atoms with E-state index in [0.717, 1.165) is 25.1 Å². The Kier molecular flexibility index (Phi) is 5.42. The van der Waals surface area contributed by atoms with Gasteiger partial charge in [-0.25, -0.2) is 9.59 Å². The first-order valence-corrected chi connectivity index (χ1v) is 9.42. The number of allylic oxidation sites excluding steroid dienone is 1. The molecular weight excluding hydrogens is 350 g/mol. The summed E-state index contributed by atoms with van der Waals surface area (Å²) in [5.41, 5.74) is -0.0802. The number of rotatable bonds is 1. The quantitative estimate of drug-likeness (QED) is 0.298. The van der Waals surface area contributed by atoms with Gasteiger partial charge in [0.15, 0.2) is 0 Å². The average Bonchev–Trinajstić information content (AvgIpc) is 3.18. The predicted molar refractivity (Wildman–Crippen MR) is 96.6 cm³/mol. The van der Waals surface area contributed by atoms with Crippen LogP contribution in [0.3, 0.4) is 0 Å². The van der Waals surface area contributed by atoms with Gasteiger partial charge in [0.1, 0.15) is 12.7 Å². The van der Waals surface area contributed by atoms with Crippen LogP contribution in [0, 0.1) is 5.92 Å². The highest BCUT2D eigenvalue weighted by Crippen LogP contribution is 2.35. The molecule has 3 rings (SSSR count). The molecule has 0 unspecified atom stereocenters. The second-order valence-corrected chi connectivity index (χ2v) is 7.65. The lowest BCUT2D eigenvalue weighted by atomic mass is 9.84. The first kappa shape index (κ1) is 19.6. The Morgan fingerprint density at radius 3 is 2.81 bits per heavy atom. The highest BCUT2D eigenvalue weighted by atomic mass is 16.6. The molecule has 7 nitrogen and oxygen atoms in total. The average molecular weight is 377 g/mol. The third-order valence-electron chi connectivity index (χ3n) is 5.88. The van der Waals surface area contributed by atoms with Crippen molar-refractivity contribution in [2.75, 3.05) is 19.7 Å². The summed E-state index contributed by atoms with van der Waals surface area (Å²) < 4.78 is 16.8. The zero-order chi connectivity index (χ0) is 19.8. The molecule has 27 heavy (non-hydrogen) atoms. The molecule has 0 saturated carbocycles. The first-order valence-electron chi connectivity index (χ1n) is 9.42. The Balaban J connectivity index is 1.94. The Morgan fingerprint density at radius 1 is 1.41 bits per heavy atom. The summed E-state index contributed by atoms with van der Waals surface area (Å²) in [6.07, 6.45) is 4.49. The molecule has 2 fully saturated rings. The van der Waals surface area contributed by atoms with Crippen molar-refractivity contribution in [1.82, 2.24) is 4.90 Å². The highest BCUT2D eigenvalue weighted by Gasteiger charge is 2.47. The Labute approximate surface area is 159 Å². The van der Waals surface area contributed by atoms with E-state index in [1.165, 1.54) is 6.92 Å². The number of ether oxygens (including phenoxy) is 3. The lowest BCUT2D eigenvalue weighted by Crippen LogP contribution is -2.48. The van der Waals surface area contributed by atoms with Gasteiger partial charge in [-0.3, -0.25) is 9.69 Å². The number of hydrogen-bond acceptors (Lipinski definition) is 7. The van der Waals surface area contributed by atoms with Gasteiger partial charge in [-0.15, -0.1) is 0 Å². The van der Waals surface area contributed by atoms with Crippen molar-refractivity contribution in [3.63, 3.8) is 0 Å². The second kappa shape index (κ2) is 7.46. The molecule has 3 aliphatic rings. The van der Waals surface area contributed by atoms with Crippen LogP contribution in [-0.2, 0) is 28.6 Å². The standard InChI is InChI=1S/C20H27NO6/c1-5-14-10-12(2)20(4,27-13(3)22)19(24)25-11-15-6-8-21-9-7-16(17(15)21)26-18(14)23/h5-6,12,16-17H,7-11H2,1-4H3/b14-5+/t12-,16-,17-,20-/m1/s1. The van der Waals surface area contributed by atoms with Gasteiger partial charge in [0.2, 0.25) is 5.60 Å². The van der Waals surface area contributed by atoms with Gasteiger partial charge >= 0.3 is 17.9 Å². The molecule has 0 amide bonds. The maximum absolute atomic E-state index is 12.9. The fourth-order valence-corrected chi connectivity index (χ4v) is 4.12. The summed E-state index contributed by atoms with van der Waals surface area (Å²) in [5.74, 6) is -1.99. The van der Waals surface area contributed by atoms with Crippen LogP contribution in [0.2, 0.25) is 0 Å². The SMILES string of the molecule is C/C=C1\C[C@@H](C)[C@@](C)(OC(C)=O)C(=O)OCC2=CCN3CC[C@@H](OC1=O)[C@@H]23. The molecule has 0 aliphatic carbocycles. The van der Waals surface area contributed by atoms with Crippen molar-refractivity contribution in [3.8, 4) is 0 Å². The molecule has 7 heteroatoms. The highest BCUT2D eigenvalue weighted by molar-refractivity contribution is 5.89. The molecule has 0 aromatic heterocycles. The number of esters is 3. The van der Waals surface area contributed by atoms with Gasteiger partial charge in [0, 0.05) is 31.5 Å². The van der Waals surface area contributed by atoms with Crippen molar-refractivity contribution in [2.45, 2.75) is 58.3 Å². The van der Waals surface area contributed by atoms with Gasteiger partial charge in [-0.2, -0.15) is 0 Å². The molecule has 3 aliphatic heterocycles. The topological polar surface area (TPSA) is 82.1 Å². The van der Waals surface area contributed by atoms with Gasteiger partial charge in [0.25, 0.3) is 0 Å².